The van der Waals surface area contributed by atoms with Crippen LogP contribution >= 0.6 is 0 Å². The van der Waals surface area contributed by atoms with Gasteiger partial charge in [-0.05, 0) is 29.8 Å². The summed E-state index contributed by atoms with van der Waals surface area (Å²) in [7, 11) is -3.77. The molecule has 2 aromatic carbocycles. The minimum absolute atomic E-state index is 0.0380. The molecule has 11 nitrogen and oxygen atoms in total. The van der Waals surface area contributed by atoms with Crippen molar-refractivity contribution in [2.24, 2.45) is 0 Å². The Kier molecular flexibility index (Phi) is 7.30. The SMILES string of the molecule is O=C(/C=C/c1cccc([N+](=O)[O-])c1)NNC(=O)c1cccc(S(=O)(=O)N2CCOCC2)c1. The fraction of sp³-hybridized carbons (Fsp3) is 0.200. The van der Waals surface area contributed by atoms with Gasteiger partial charge in [-0.25, -0.2) is 8.42 Å². The maximum atomic E-state index is 12.7. The number of hydrogen-bond donors (Lipinski definition) is 2. The molecule has 0 saturated carbocycles. The Morgan fingerprint density at radius 2 is 1.78 bits per heavy atom. The van der Waals surface area contributed by atoms with Crippen LogP contribution < -0.4 is 10.9 Å². The first-order chi connectivity index (χ1) is 15.3. The zero-order valence-corrected chi connectivity index (χ0v) is 17.6. The number of benzene rings is 2. The van der Waals surface area contributed by atoms with E-state index in [2.05, 4.69) is 10.9 Å². The third-order valence-corrected chi connectivity index (χ3v) is 6.41. The van der Waals surface area contributed by atoms with E-state index in [9.17, 15) is 28.1 Å². The number of hydrogen-bond acceptors (Lipinski definition) is 7. The van der Waals surface area contributed by atoms with Gasteiger partial charge in [0.05, 0.1) is 23.0 Å². The van der Waals surface area contributed by atoms with E-state index in [4.69, 9.17) is 4.74 Å². The number of sulfonamides is 1. The molecule has 0 aromatic heterocycles. The van der Waals surface area contributed by atoms with Gasteiger partial charge in [-0.2, -0.15) is 4.31 Å². The summed E-state index contributed by atoms with van der Waals surface area (Å²) in [5, 5.41) is 10.8. The molecule has 0 atom stereocenters. The van der Waals surface area contributed by atoms with Crippen LogP contribution in [0, 0.1) is 10.1 Å². The molecule has 3 rings (SSSR count). The average molecular weight is 460 g/mol. The summed E-state index contributed by atoms with van der Waals surface area (Å²) < 4.78 is 31.9. The summed E-state index contributed by atoms with van der Waals surface area (Å²) in [6, 6.07) is 11.1. The standard InChI is InChI=1S/C20H20N4O7S/c25-19(8-7-15-3-1-5-17(13-15)24(27)28)21-22-20(26)16-4-2-6-18(14-16)32(29,30)23-9-11-31-12-10-23/h1-8,13-14H,9-12H2,(H,21,25)(H,22,26)/b8-7+. The van der Waals surface area contributed by atoms with Crippen molar-refractivity contribution in [3.05, 3.63) is 75.8 Å². The highest BCUT2D eigenvalue weighted by Gasteiger charge is 2.26. The molecular weight excluding hydrogens is 440 g/mol. The minimum atomic E-state index is -3.77. The molecular formula is C20H20N4O7S. The van der Waals surface area contributed by atoms with Gasteiger partial charge in [-0.1, -0.05) is 18.2 Å². The smallest absolute Gasteiger partial charge is 0.270 e. The van der Waals surface area contributed by atoms with E-state index < -0.39 is 26.8 Å². The Bertz CT molecular complexity index is 1160. The summed E-state index contributed by atoms with van der Waals surface area (Å²) >= 11 is 0. The van der Waals surface area contributed by atoms with Gasteiger partial charge in [0.2, 0.25) is 10.0 Å². The van der Waals surface area contributed by atoms with Crippen LogP contribution in [0.3, 0.4) is 0 Å². The second-order valence-corrected chi connectivity index (χ2v) is 8.61. The summed E-state index contributed by atoms with van der Waals surface area (Å²) in [6.07, 6.45) is 2.45. The van der Waals surface area contributed by atoms with Gasteiger partial charge in [0.15, 0.2) is 0 Å². The van der Waals surface area contributed by atoms with Crippen molar-refractivity contribution in [3.63, 3.8) is 0 Å². The van der Waals surface area contributed by atoms with Crippen molar-refractivity contribution < 1.29 is 27.7 Å². The van der Waals surface area contributed by atoms with Crippen molar-refractivity contribution in [1.82, 2.24) is 15.2 Å². The number of nitrogens with one attached hydrogen (secondary N) is 2. The largest absolute Gasteiger partial charge is 0.379 e. The Labute approximate surface area is 183 Å². The number of nitrogens with zero attached hydrogens (tertiary/aromatic N) is 2. The highest BCUT2D eigenvalue weighted by molar-refractivity contribution is 7.89. The van der Waals surface area contributed by atoms with E-state index in [0.29, 0.717) is 18.8 Å². The van der Waals surface area contributed by atoms with E-state index >= 15 is 0 Å². The van der Waals surface area contributed by atoms with Crippen molar-refractivity contribution in [1.29, 1.82) is 0 Å². The predicted molar refractivity (Wildman–Crippen MR) is 114 cm³/mol. The number of hydrazine groups is 1. The van der Waals surface area contributed by atoms with Crippen LogP contribution in [0.5, 0.6) is 0 Å². The van der Waals surface area contributed by atoms with Crippen LogP contribution in [-0.4, -0.2) is 55.8 Å². The van der Waals surface area contributed by atoms with Crippen molar-refractivity contribution in [3.8, 4) is 0 Å². The fourth-order valence-electron chi connectivity index (χ4n) is 2.88. The first kappa shape index (κ1) is 23.1. The predicted octanol–water partition coefficient (Wildman–Crippen LogP) is 1.09. The Morgan fingerprint density at radius 3 is 2.50 bits per heavy atom. The van der Waals surface area contributed by atoms with Gasteiger partial charge >= 0.3 is 0 Å². The lowest BCUT2D eigenvalue weighted by molar-refractivity contribution is -0.384. The molecule has 168 valence electrons. The van der Waals surface area contributed by atoms with Crippen molar-refractivity contribution in [2.75, 3.05) is 26.3 Å². The van der Waals surface area contributed by atoms with Crippen molar-refractivity contribution in [2.45, 2.75) is 4.90 Å². The van der Waals surface area contributed by atoms with E-state index in [1.807, 2.05) is 0 Å². The first-order valence-electron chi connectivity index (χ1n) is 9.48. The third kappa shape index (κ3) is 5.75. The molecule has 1 heterocycles. The minimum Gasteiger partial charge on any atom is -0.379 e. The lowest BCUT2D eigenvalue weighted by atomic mass is 10.2. The number of ether oxygens (including phenoxy) is 1. The van der Waals surface area contributed by atoms with Gasteiger partial charge in [0.25, 0.3) is 17.5 Å². The zero-order valence-electron chi connectivity index (χ0n) is 16.8. The topological polar surface area (TPSA) is 148 Å². The van der Waals surface area contributed by atoms with Crippen molar-refractivity contribution >= 4 is 33.6 Å². The normalized spacial score (nSPS) is 14.8. The van der Waals surface area contributed by atoms with Crippen LogP contribution in [0.15, 0.2) is 59.5 Å². The molecule has 0 aliphatic carbocycles. The second kappa shape index (κ2) is 10.1. The Hall–Kier alpha value is -3.61. The molecule has 0 radical (unpaired) electrons. The molecule has 0 unspecified atom stereocenters. The van der Waals surface area contributed by atoms with Gasteiger partial charge in [-0.3, -0.25) is 30.6 Å². The highest BCUT2D eigenvalue weighted by atomic mass is 32.2. The van der Waals surface area contributed by atoms with Crippen LogP contribution in [0.2, 0.25) is 0 Å². The number of carbonyl (C=O) groups excluding carboxylic acids is 2. The second-order valence-electron chi connectivity index (χ2n) is 6.67. The van der Waals surface area contributed by atoms with Gasteiger partial charge in [0, 0.05) is 36.9 Å². The van der Waals surface area contributed by atoms with Gasteiger partial charge < -0.3 is 4.74 Å². The molecule has 0 spiro atoms. The number of nitro groups is 1. The molecule has 2 N–H and O–H groups in total. The quantitative estimate of drug-likeness (QED) is 0.372. The molecule has 0 bridgehead atoms. The monoisotopic (exact) mass is 460 g/mol. The van der Waals surface area contributed by atoms with E-state index in [0.717, 1.165) is 6.08 Å². The maximum absolute atomic E-state index is 12.7. The van der Waals surface area contributed by atoms with Crippen LogP contribution in [0.1, 0.15) is 15.9 Å². The molecule has 1 aliphatic heterocycles. The number of amides is 2. The lowest BCUT2D eigenvalue weighted by Gasteiger charge is -2.26. The number of non-ortho nitro benzene ring substituents is 1. The molecule has 32 heavy (non-hydrogen) atoms. The van der Waals surface area contributed by atoms with Crippen LogP contribution in [-0.2, 0) is 19.6 Å². The fourth-order valence-corrected chi connectivity index (χ4v) is 4.33. The molecule has 12 heteroatoms. The zero-order chi connectivity index (χ0) is 23.1. The molecule has 1 saturated heterocycles. The number of carbonyl (C=O) groups is 2. The summed E-state index contributed by atoms with van der Waals surface area (Å²) in [6.45, 7) is 1.06. The number of rotatable bonds is 6. The van der Waals surface area contributed by atoms with Gasteiger partial charge in [0.1, 0.15) is 0 Å². The highest BCUT2D eigenvalue weighted by Crippen LogP contribution is 2.18. The number of nitro benzene ring substituents is 1. The summed E-state index contributed by atoms with van der Waals surface area (Å²) in [5.74, 6) is -1.39. The number of morpholine rings is 1. The van der Waals surface area contributed by atoms with Gasteiger partial charge in [-0.15, -0.1) is 0 Å². The van der Waals surface area contributed by atoms with E-state index in [-0.39, 0.29) is 29.2 Å². The van der Waals surface area contributed by atoms with Crippen LogP contribution in [0.4, 0.5) is 5.69 Å². The van der Waals surface area contributed by atoms with E-state index in [1.54, 1.807) is 6.07 Å². The van der Waals surface area contributed by atoms with Crippen LogP contribution in [0.25, 0.3) is 6.08 Å². The van der Waals surface area contributed by atoms with E-state index in [1.165, 1.54) is 52.8 Å². The lowest BCUT2D eigenvalue weighted by Crippen LogP contribution is -2.41. The Morgan fingerprint density at radius 1 is 1.06 bits per heavy atom. The Balaban J connectivity index is 1.61. The molecule has 1 fully saturated rings. The average Bonchev–Trinajstić information content (AvgIpc) is 2.82. The molecule has 2 aromatic rings. The molecule has 1 aliphatic rings. The summed E-state index contributed by atoms with van der Waals surface area (Å²) in [4.78, 5) is 34.5. The summed E-state index contributed by atoms with van der Waals surface area (Å²) in [5.41, 5.74) is 4.73. The molecule has 2 amide bonds. The first-order valence-corrected chi connectivity index (χ1v) is 10.9. The third-order valence-electron chi connectivity index (χ3n) is 4.51. The maximum Gasteiger partial charge on any atom is 0.270 e.